The number of rotatable bonds is 2. The Labute approximate surface area is 114 Å². The molecule has 2 amide bonds. The summed E-state index contributed by atoms with van der Waals surface area (Å²) in [7, 11) is 0. The van der Waals surface area contributed by atoms with Crippen LogP contribution in [0, 0.1) is 5.92 Å². The zero-order valence-corrected chi connectivity index (χ0v) is 11.9. The highest BCUT2D eigenvalue weighted by Gasteiger charge is 2.31. The zero-order valence-electron chi connectivity index (χ0n) is 11.9. The van der Waals surface area contributed by atoms with Gasteiger partial charge in [0.2, 0.25) is 5.91 Å². The first kappa shape index (κ1) is 13.8. The molecule has 0 bridgehead atoms. The fourth-order valence-corrected chi connectivity index (χ4v) is 2.61. The van der Waals surface area contributed by atoms with Gasteiger partial charge in [-0.05, 0) is 13.3 Å². The van der Waals surface area contributed by atoms with Crippen molar-refractivity contribution >= 4 is 11.8 Å². The minimum Gasteiger partial charge on any atom is -0.339 e. The second-order valence-corrected chi connectivity index (χ2v) is 5.58. The molecule has 4 nitrogen and oxygen atoms in total. The van der Waals surface area contributed by atoms with Gasteiger partial charge in [-0.3, -0.25) is 9.59 Å². The first-order valence-electron chi connectivity index (χ1n) is 6.97. The van der Waals surface area contributed by atoms with Gasteiger partial charge in [-0.15, -0.1) is 0 Å². The van der Waals surface area contributed by atoms with E-state index in [9.17, 15) is 9.59 Å². The largest absolute Gasteiger partial charge is 0.339 e. The van der Waals surface area contributed by atoms with Crippen LogP contribution in [0.5, 0.6) is 0 Å². The van der Waals surface area contributed by atoms with Gasteiger partial charge in [0, 0.05) is 37.2 Å². The third kappa shape index (κ3) is 2.88. The van der Waals surface area contributed by atoms with E-state index in [0.29, 0.717) is 19.6 Å². The summed E-state index contributed by atoms with van der Waals surface area (Å²) in [4.78, 5) is 28.1. The third-order valence-corrected chi connectivity index (χ3v) is 3.71. The molecule has 2 rings (SSSR count). The molecule has 1 saturated heterocycles. The molecule has 2 aliphatic rings. The maximum absolute atomic E-state index is 12.3. The SMILES string of the molecule is CC(C)C(=O)N1CCN(C(=O)C2=CCC=C2)C(C)C1. The molecule has 0 radical (unpaired) electrons. The van der Waals surface area contributed by atoms with Crippen molar-refractivity contribution in [3.05, 3.63) is 23.8 Å². The van der Waals surface area contributed by atoms with Crippen molar-refractivity contribution in [2.45, 2.75) is 33.2 Å². The number of nitrogens with zero attached hydrogens (tertiary/aromatic N) is 2. The summed E-state index contributed by atoms with van der Waals surface area (Å²) >= 11 is 0. The van der Waals surface area contributed by atoms with E-state index in [2.05, 4.69) is 0 Å². The lowest BCUT2D eigenvalue weighted by Gasteiger charge is -2.40. The minimum atomic E-state index is 0.0231. The quantitative estimate of drug-likeness (QED) is 0.758. The summed E-state index contributed by atoms with van der Waals surface area (Å²) < 4.78 is 0. The average Bonchev–Trinajstić information content (AvgIpc) is 2.90. The smallest absolute Gasteiger partial charge is 0.253 e. The number of hydrogen-bond donors (Lipinski definition) is 0. The molecular weight excluding hydrogens is 240 g/mol. The Morgan fingerprint density at radius 1 is 1.32 bits per heavy atom. The van der Waals surface area contributed by atoms with E-state index in [1.165, 1.54) is 0 Å². The van der Waals surface area contributed by atoms with Crippen molar-refractivity contribution in [2.75, 3.05) is 19.6 Å². The van der Waals surface area contributed by atoms with E-state index in [1.807, 2.05) is 48.8 Å². The summed E-state index contributed by atoms with van der Waals surface area (Å²) in [6.07, 6.45) is 6.69. The molecule has 1 aliphatic heterocycles. The molecule has 1 unspecified atom stereocenters. The highest BCUT2D eigenvalue weighted by Crippen LogP contribution is 2.18. The highest BCUT2D eigenvalue weighted by atomic mass is 16.2. The van der Waals surface area contributed by atoms with E-state index < -0.39 is 0 Å². The predicted molar refractivity (Wildman–Crippen MR) is 74.4 cm³/mol. The lowest BCUT2D eigenvalue weighted by molar-refractivity contribution is -0.142. The molecule has 0 N–H and O–H groups in total. The minimum absolute atomic E-state index is 0.0231. The fourth-order valence-electron chi connectivity index (χ4n) is 2.61. The Balaban J connectivity index is 1.99. The van der Waals surface area contributed by atoms with Crippen molar-refractivity contribution in [3.8, 4) is 0 Å². The van der Waals surface area contributed by atoms with E-state index in [1.54, 1.807) is 0 Å². The Morgan fingerprint density at radius 3 is 2.58 bits per heavy atom. The first-order chi connectivity index (χ1) is 9.00. The number of amides is 2. The highest BCUT2D eigenvalue weighted by molar-refractivity contribution is 5.97. The van der Waals surface area contributed by atoms with Gasteiger partial charge >= 0.3 is 0 Å². The molecular formula is C15H22N2O2. The van der Waals surface area contributed by atoms with Gasteiger partial charge < -0.3 is 9.80 Å². The number of hydrogen-bond acceptors (Lipinski definition) is 2. The number of allylic oxidation sites excluding steroid dienone is 2. The van der Waals surface area contributed by atoms with Crippen LogP contribution in [0.1, 0.15) is 27.2 Å². The van der Waals surface area contributed by atoms with Crippen LogP contribution in [0.25, 0.3) is 0 Å². The predicted octanol–water partition coefficient (Wildman–Crippen LogP) is 1.59. The topological polar surface area (TPSA) is 40.6 Å². The van der Waals surface area contributed by atoms with Crippen LogP contribution in [0.4, 0.5) is 0 Å². The first-order valence-corrected chi connectivity index (χ1v) is 6.97. The van der Waals surface area contributed by atoms with E-state index in [4.69, 9.17) is 0 Å². The molecule has 0 aromatic rings. The van der Waals surface area contributed by atoms with Gasteiger partial charge in [0.15, 0.2) is 0 Å². The molecule has 0 aromatic carbocycles. The van der Waals surface area contributed by atoms with Crippen molar-refractivity contribution in [3.63, 3.8) is 0 Å². The maximum atomic E-state index is 12.3. The summed E-state index contributed by atoms with van der Waals surface area (Å²) in [6.45, 7) is 7.75. The van der Waals surface area contributed by atoms with Crippen molar-refractivity contribution in [1.29, 1.82) is 0 Å². The van der Waals surface area contributed by atoms with Crippen molar-refractivity contribution in [2.24, 2.45) is 5.92 Å². The molecule has 1 atom stereocenters. The normalized spacial score (nSPS) is 22.9. The molecule has 1 heterocycles. The Morgan fingerprint density at radius 2 is 2.05 bits per heavy atom. The van der Waals surface area contributed by atoms with Gasteiger partial charge in [0.1, 0.15) is 0 Å². The van der Waals surface area contributed by atoms with Crippen LogP contribution in [-0.2, 0) is 9.59 Å². The van der Waals surface area contributed by atoms with Gasteiger partial charge in [-0.1, -0.05) is 32.1 Å². The average molecular weight is 262 g/mol. The number of piperazine rings is 1. The Hall–Kier alpha value is -1.58. The molecule has 0 spiro atoms. The van der Waals surface area contributed by atoms with Crippen LogP contribution < -0.4 is 0 Å². The van der Waals surface area contributed by atoms with E-state index >= 15 is 0 Å². The molecule has 19 heavy (non-hydrogen) atoms. The standard InChI is InChI=1S/C15H22N2O2/c1-11(2)14(18)16-8-9-17(12(3)10-16)15(19)13-6-4-5-7-13/h4,6-7,11-12H,5,8-10H2,1-3H3. The fraction of sp³-hybridized carbons (Fsp3) is 0.600. The summed E-state index contributed by atoms with van der Waals surface area (Å²) in [5, 5.41) is 0. The molecule has 0 saturated carbocycles. The maximum Gasteiger partial charge on any atom is 0.253 e. The summed E-state index contributed by atoms with van der Waals surface area (Å²) in [5.41, 5.74) is 0.787. The Bertz CT molecular complexity index is 437. The Kier molecular flexibility index (Phi) is 4.08. The van der Waals surface area contributed by atoms with Crippen LogP contribution in [0.3, 0.4) is 0 Å². The lowest BCUT2D eigenvalue weighted by Crippen LogP contribution is -2.56. The number of carbonyl (C=O) groups excluding carboxylic acids is 2. The summed E-state index contributed by atoms with van der Waals surface area (Å²) in [6, 6.07) is 0.0823. The second-order valence-electron chi connectivity index (χ2n) is 5.58. The van der Waals surface area contributed by atoms with E-state index in [-0.39, 0.29) is 23.8 Å². The van der Waals surface area contributed by atoms with Gasteiger partial charge in [0.05, 0.1) is 0 Å². The van der Waals surface area contributed by atoms with Gasteiger partial charge in [-0.2, -0.15) is 0 Å². The van der Waals surface area contributed by atoms with Crippen LogP contribution in [0.2, 0.25) is 0 Å². The molecule has 1 aliphatic carbocycles. The molecule has 104 valence electrons. The van der Waals surface area contributed by atoms with Crippen LogP contribution >= 0.6 is 0 Å². The number of carbonyl (C=O) groups is 2. The van der Waals surface area contributed by atoms with Crippen LogP contribution in [0.15, 0.2) is 23.8 Å². The van der Waals surface area contributed by atoms with Gasteiger partial charge in [-0.25, -0.2) is 0 Å². The van der Waals surface area contributed by atoms with Crippen molar-refractivity contribution < 1.29 is 9.59 Å². The van der Waals surface area contributed by atoms with Crippen molar-refractivity contribution in [1.82, 2.24) is 9.80 Å². The second kappa shape index (κ2) is 5.59. The molecule has 0 aromatic heterocycles. The summed E-state index contributed by atoms with van der Waals surface area (Å²) in [5.74, 6) is 0.298. The monoisotopic (exact) mass is 262 g/mol. The zero-order chi connectivity index (χ0) is 14.0. The third-order valence-electron chi connectivity index (χ3n) is 3.71. The van der Waals surface area contributed by atoms with E-state index in [0.717, 1.165) is 12.0 Å². The molecule has 4 heteroatoms. The van der Waals surface area contributed by atoms with Gasteiger partial charge in [0.25, 0.3) is 5.91 Å². The van der Waals surface area contributed by atoms with Crippen LogP contribution in [-0.4, -0.2) is 47.3 Å². The lowest BCUT2D eigenvalue weighted by atomic mass is 10.1. The molecule has 1 fully saturated rings.